The van der Waals surface area contributed by atoms with Crippen molar-refractivity contribution >= 4 is 23.6 Å². The van der Waals surface area contributed by atoms with Gasteiger partial charge in [-0.3, -0.25) is 9.59 Å². The Kier molecular flexibility index (Phi) is 6.87. The average Bonchev–Trinajstić information content (AvgIpc) is 3.14. The zero-order valence-corrected chi connectivity index (χ0v) is 15.8. The molecule has 1 aliphatic carbocycles. The summed E-state index contributed by atoms with van der Waals surface area (Å²) in [5.41, 5.74) is 3.70. The molecule has 0 heterocycles. The number of fused-ring (bicyclic) bond motifs is 1. The standard InChI is InChI=1S/C21H22FNO3S/c22-18-7-4-15(5-8-18)10-11-23-20(24)13-26-21(25)14-27-19-9-6-16-2-1-3-17(16)12-19/h4-9,12H,1-3,10-11,13-14H2,(H,23,24). The summed E-state index contributed by atoms with van der Waals surface area (Å²) in [4.78, 5) is 24.6. The van der Waals surface area contributed by atoms with Crippen LogP contribution < -0.4 is 5.32 Å². The van der Waals surface area contributed by atoms with Gasteiger partial charge in [-0.25, -0.2) is 4.39 Å². The summed E-state index contributed by atoms with van der Waals surface area (Å²) in [5, 5.41) is 2.69. The predicted molar refractivity (Wildman–Crippen MR) is 103 cm³/mol. The van der Waals surface area contributed by atoms with E-state index in [9.17, 15) is 14.0 Å². The molecule has 2 aromatic rings. The molecule has 142 valence electrons. The third kappa shape index (κ3) is 6.10. The monoisotopic (exact) mass is 387 g/mol. The number of thioether (sulfide) groups is 1. The first kappa shape index (κ1) is 19.4. The maximum absolute atomic E-state index is 12.8. The smallest absolute Gasteiger partial charge is 0.316 e. The molecule has 0 saturated heterocycles. The van der Waals surface area contributed by atoms with E-state index in [1.807, 2.05) is 6.07 Å². The van der Waals surface area contributed by atoms with E-state index in [4.69, 9.17) is 4.74 Å². The van der Waals surface area contributed by atoms with Crippen LogP contribution in [0, 0.1) is 5.82 Å². The van der Waals surface area contributed by atoms with Gasteiger partial charge in [-0.1, -0.05) is 18.2 Å². The number of rotatable bonds is 8. The summed E-state index contributed by atoms with van der Waals surface area (Å²) in [5.74, 6) is -0.851. The molecule has 0 atom stereocenters. The van der Waals surface area contributed by atoms with E-state index in [-0.39, 0.29) is 24.1 Å². The fourth-order valence-electron chi connectivity index (χ4n) is 3.02. The van der Waals surface area contributed by atoms with Gasteiger partial charge in [0.25, 0.3) is 5.91 Å². The number of aryl methyl sites for hydroxylation is 2. The quantitative estimate of drug-likeness (QED) is 0.558. The molecule has 27 heavy (non-hydrogen) atoms. The van der Waals surface area contributed by atoms with Crippen LogP contribution in [0.1, 0.15) is 23.1 Å². The molecule has 4 nitrogen and oxygen atoms in total. The molecule has 0 radical (unpaired) electrons. The summed E-state index contributed by atoms with van der Waals surface area (Å²) >= 11 is 1.43. The van der Waals surface area contributed by atoms with Crippen molar-refractivity contribution < 1.29 is 18.7 Å². The van der Waals surface area contributed by atoms with Gasteiger partial charge in [-0.15, -0.1) is 11.8 Å². The van der Waals surface area contributed by atoms with E-state index in [2.05, 4.69) is 17.4 Å². The van der Waals surface area contributed by atoms with Gasteiger partial charge in [0.2, 0.25) is 0 Å². The predicted octanol–water partition coefficient (Wildman–Crippen LogP) is 3.31. The lowest BCUT2D eigenvalue weighted by Gasteiger charge is -2.07. The van der Waals surface area contributed by atoms with Crippen molar-refractivity contribution in [2.24, 2.45) is 0 Å². The Labute approximate surface area is 162 Å². The van der Waals surface area contributed by atoms with Gasteiger partial charge in [-0.2, -0.15) is 0 Å². The van der Waals surface area contributed by atoms with Crippen molar-refractivity contribution in [3.05, 3.63) is 65.0 Å². The van der Waals surface area contributed by atoms with Gasteiger partial charge in [-0.05, 0) is 66.6 Å². The fraction of sp³-hybridized carbons (Fsp3) is 0.333. The Morgan fingerprint density at radius 1 is 1.07 bits per heavy atom. The van der Waals surface area contributed by atoms with Crippen LogP contribution in [-0.4, -0.2) is 30.8 Å². The molecule has 1 amide bonds. The summed E-state index contributed by atoms with van der Waals surface area (Å²) < 4.78 is 17.8. The highest BCUT2D eigenvalue weighted by atomic mass is 32.2. The van der Waals surface area contributed by atoms with Crippen LogP contribution >= 0.6 is 11.8 Å². The van der Waals surface area contributed by atoms with Gasteiger partial charge in [0.1, 0.15) is 5.82 Å². The number of carbonyl (C=O) groups is 2. The third-order valence-corrected chi connectivity index (χ3v) is 5.41. The highest BCUT2D eigenvalue weighted by Crippen LogP contribution is 2.27. The molecule has 1 N–H and O–H groups in total. The number of esters is 1. The van der Waals surface area contributed by atoms with Gasteiger partial charge in [0.15, 0.2) is 6.61 Å². The molecule has 0 fully saturated rings. The van der Waals surface area contributed by atoms with Gasteiger partial charge in [0.05, 0.1) is 5.75 Å². The van der Waals surface area contributed by atoms with Crippen LogP contribution in [0.3, 0.4) is 0 Å². The van der Waals surface area contributed by atoms with Crippen LogP contribution in [0.25, 0.3) is 0 Å². The van der Waals surface area contributed by atoms with E-state index in [1.54, 1.807) is 12.1 Å². The number of halogens is 1. The number of hydrogen-bond donors (Lipinski definition) is 1. The van der Waals surface area contributed by atoms with Crippen LogP contribution in [0.2, 0.25) is 0 Å². The highest BCUT2D eigenvalue weighted by molar-refractivity contribution is 8.00. The number of ether oxygens (including phenoxy) is 1. The molecule has 0 aliphatic heterocycles. The first-order valence-corrected chi connectivity index (χ1v) is 10.00. The van der Waals surface area contributed by atoms with Crippen LogP contribution in [-0.2, 0) is 33.6 Å². The second-order valence-corrected chi connectivity index (χ2v) is 7.51. The molecule has 6 heteroatoms. The van der Waals surface area contributed by atoms with Crippen molar-refractivity contribution in [3.8, 4) is 0 Å². The first-order chi connectivity index (χ1) is 13.1. The van der Waals surface area contributed by atoms with Crippen molar-refractivity contribution in [1.82, 2.24) is 5.32 Å². The third-order valence-electron chi connectivity index (χ3n) is 4.44. The van der Waals surface area contributed by atoms with Crippen molar-refractivity contribution in [1.29, 1.82) is 0 Å². The minimum Gasteiger partial charge on any atom is -0.455 e. The Morgan fingerprint density at radius 2 is 1.85 bits per heavy atom. The molecule has 0 spiro atoms. The Bertz CT molecular complexity index is 808. The Morgan fingerprint density at radius 3 is 2.67 bits per heavy atom. The lowest BCUT2D eigenvalue weighted by atomic mass is 10.1. The van der Waals surface area contributed by atoms with Crippen molar-refractivity contribution in [2.45, 2.75) is 30.6 Å². The molecular formula is C21H22FNO3S. The number of hydrogen-bond acceptors (Lipinski definition) is 4. The van der Waals surface area contributed by atoms with E-state index < -0.39 is 5.97 Å². The normalized spacial score (nSPS) is 12.5. The zero-order chi connectivity index (χ0) is 19.1. The van der Waals surface area contributed by atoms with Crippen LogP contribution in [0.4, 0.5) is 4.39 Å². The summed E-state index contributed by atoms with van der Waals surface area (Å²) in [7, 11) is 0. The Balaban J connectivity index is 1.31. The molecule has 1 aliphatic rings. The second kappa shape index (κ2) is 9.55. The fourth-order valence-corrected chi connectivity index (χ4v) is 3.77. The minimum absolute atomic E-state index is 0.182. The van der Waals surface area contributed by atoms with Crippen molar-refractivity contribution in [2.75, 3.05) is 18.9 Å². The summed E-state index contributed by atoms with van der Waals surface area (Å²) in [6, 6.07) is 12.4. The molecule has 0 bridgehead atoms. The summed E-state index contributed by atoms with van der Waals surface area (Å²) in [6.45, 7) is 0.124. The van der Waals surface area contributed by atoms with Gasteiger partial charge < -0.3 is 10.1 Å². The molecular weight excluding hydrogens is 365 g/mol. The number of benzene rings is 2. The maximum atomic E-state index is 12.8. The van der Waals surface area contributed by atoms with Crippen LogP contribution in [0.5, 0.6) is 0 Å². The first-order valence-electron chi connectivity index (χ1n) is 9.01. The lowest BCUT2D eigenvalue weighted by molar-refractivity contribution is -0.145. The molecule has 3 rings (SSSR count). The van der Waals surface area contributed by atoms with E-state index in [0.717, 1.165) is 23.3 Å². The van der Waals surface area contributed by atoms with E-state index >= 15 is 0 Å². The molecule has 0 saturated carbocycles. The molecule has 0 aromatic heterocycles. The molecule has 0 unspecified atom stereocenters. The lowest BCUT2D eigenvalue weighted by Crippen LogP contribution is -2.30. The van der Waals surface area contributed by atoms with Crippen LogP contribution in [0.15, 0.2) is 47.4 Å². The van der Waals surface area contributed by atoms with Gasteiger partial charge in [0, 0.05) is 11.4 Å². The van der Waals surface area contributed by atoms with Crippen molar-refractivity contribution in [3.63, 3.8) is 0 Å². The highest BCUT2D eigenvalue weighted by Gasteiger charge is 2.12. The summed E-state index contributed by atoms with van der Waals surface area (Å²) in [6.07, 6.45) is 4.03. The maximum Gasteiger partial charge on any atom is 0.316 e. The van der Waals surface area contributed by atoms with E-state index in [1.165, 1.54) is 41.4 Å². The number of carbonyl (C=O) groups excluding carboxylic acids is 2. The molecule has 2 aromatic carbocycles. The SMILES string of the molecule is O=C(COC(=O)CSc1ccc2c(c1)CCC2)NCCc1ccc(F)cc1. The average molecular weight is 387 g/mol. The number of nitrogens with one attached hydrogen (secondary N) is 1. The minimum atomic E-state index is -0.408. The zero-order valence-electron chi connectivity index (χ0n) is 15.0. The topological polar surface area (TPSA) is 55.4 Å². The van der Waals surface area contributed by atoms with E-state index in [0.29, 0.717) is 13.0 Å². The Hall–Kier alpha value is -2.34. The largest absolute Gasteiger partial charge is 0.455 e. The van der Waals surface area contributed by atoms with Gasteiger partial charge >= 0.3 is 5.97 Å². The number of amides is 1. The second-order valence-electron chi connectivity index (χ2n) is 6.46.